The summed E-state index contributed by atoms with van der Waals surface area (Å²) in [4.78, 5) is 21.4. The summed E-state index contributed by atoms with van der Waals surface area (Å²) in [5.41, 5.74) is 1.98. The summed E-state index contributed by atoms with van der Waals surface area (Å²) in [6.07, 6.45) is 1.15. The van der Waals surface area contributed by atoms with Crippen LogP contribution in [0.15, 0.2) is 36.4 Å². The highest BCUT2D eigenvalue weighted by atomic mass is 16.4. The first kappa shape index (κ1) is 14.1. The number of benzene rings is 2. The number of carboxylic acid groups (broad SMARTS) is 2. The molecule has 0 aliphatic carbocycles. The second-order valence-electron chi connectivity index (χ2n) is 4.72. The lowest BCUT2D eigenvalue weighted by Gasteiger charge is -2.09. The van der Waals surface area contributed by atoms with Crippen molar-refractivity contribution in [3.63, 3.8) is 0 Å². The molecule has 0 aromatic heterocycles. The van der Waals surface area contributed by atoms with E-state index in [-0.39, 0.29) is 12.8 Å². The van der Waals surface area contributed by atoms with Crippen molar-refractivity contribution in [1.82, 2.24) is 0 Å². The molecule has 20 heavy (non-hydrogen) atoms. The Labute approximate surface area is 116 Å². The quantitative estimate of drug-likeness (QED) is 0.848. The van der Waals surface area contributed by atoms with Crippen molar-refractivity contribution >= 4 is 22.7 Å². The van der Waals surface area contributed by atoms with E-state index in [2.05, 4.69) is 0 Å². The molecule has 0 radical (unpaired) electrons. The largest absolute Gasteiger partial charge is 0.481 e. The minimum Gasteiger partial charge on any atom is -0.481 e. The lowest BCUT2D eigenvalue weighted by Crippen LogP contribution is -2.00. The molecular formula is C16H16O4. The van der Waals surface area contributed by atoms with Gasteiger partial charge >= 0.3 is 11.9 Å². The maximum absolute atomic E-state index is 10.7. The zero-order valence-corrected chi connectivity index (χ0v) is 11.0. The van der Waals surface area contributed by atoms with Crippen molar-refractivity contribution in [3.05, 3.63) is 47.5 Å². The van der Waals surface area contributed by atoms with Gasteiger partial charge in [0.05, 0.1) is 0 Å². The van der Waals surface area contributed by atoms with Crippen molar-refractivity contribution in [2.45, 2.75) is 25.7 Å². The predicted molar refractivity (Wildman–Crippen MR) is 75.9 cm³/mol. The van der Waals surface area contributed by atoms with Gasteiger partial charge in [0, 0.05) is 12.8 Å². The predicted octanol–water partition coefficient (Wildman–Crippen LogP) is 2.87. The highest BCUT2D eigenvalue weighted by Gasteiger charge is 2.07. The molecule has 0 saturated carbocycles. The highest BCUT2D eigenvalue weighted by molar-refractivity contribution is 5.89. The molecule has 0 aliphatic heterocycles. The molecule has 0 aliphatic rings. The monoisotopic (exact) mass is 272 g/mol. The summed E-state index contributed by atoms with van der Waals surface area (Å²) in [6.45, 7) is 0. The summed E-state index contributed by atoms with van der Waals surface area (Å²) in [7, 11) is 0. The SMILES string of the molecule is O=C(O)CCc1cccc2c(CCC(=O)O)cccc12. The standard InChI is InChI=1S/C16H16O4/c17-15(18)9-7-11-3-1-5-13-12(8-10-16(19)20)4-2-6-14(11)13/h1-6H,7-10H2,(H,17,18)(H,19,20). The van der Waals surface area contributed by atoms with E-state index in [4.69, 9.17) is 10.2 Å². The number of hydrogen-bond donors (Lipinski definition) is 2. The molecule has 0 spiro atoms. The fourth-order valence-corrected chi connectivity index (χ4v) is 2.36. The summed E-state index contributed by atoms with van der Waals surface area (Å²) in [5.74, 6) is -1.63. The third-order valence-corrected chi connectivity index (χ3v) is 3.32. The summed E-state index contributed by atoms with van der Waals surface area (Å²) in [6, 6.07) is 11.5. The molecule has 4 nitrogen and oxygen atoms in total. The Morgan fingerprint density at radius 1 is 0.750 bits per heavy atom. The number of aliphatic carboxylic acids is 2. The molecule has 2 aromatic carbocycles. The lowest BCUT2D eigenvalue weighted by molar-refractivity contribution is -0.138. The van der Waals surface area contributed by atoms with Crippen LogP contribution in [0, 0.1) is 0 Å². The topological polar surface area (TPSA) is 74.6 Å². The Bertz CT molecular complexity index is 589. The smallest absolute Gasteiger partial charge is 0.303 e. The molecular weight excluding hydrogens is 256 g/mol. The van der Waals surface area contributed by atoms with Crippen molar-refractivity contribution < 1.29 is 19.8 Å². The summed E-state index contributed by atoms with van der Waals surface area (Å²) >= 11 is 0. The first-order valence-corrected chi connectivity index (χ1v) is 6.51. The highest BCUT2D eigenvalue weighted by Crippen LogP contribution is 2.24. The van der Waals surface area contributed by atoms with Crippen molar-refractivity contribution in [1.29, 1.82) is 0 Å². The molecule has 4 heteroatoms. The summed E-state index contributed by atoms with van der Waals surface area (Å²) < 4.78 is 0. The van der Waals surface area contributed by atoms with Crippen LogP contribution in [-0.4, -0.2) is 22.2 Å². The van der Waals surface area contributed by atoms with Crippen molar-refractivity contribution in [2.75, 3.05) is 0 Å². The molecule has 104 valence electrons. The van der Waals surface area contributed by atoms with E-state index in [1.165, 1.54) is 0 Å². The number of carbonyl (C=O) groups is 2. The average molecular weight is 272 g/mol. The number of aryl methyl sites for hydroxylation is 2. The molecule has 0 amide bonds. The van der Waals surface area contributed by atoms with E-state index in [1.807, 2.05) is 36.4 Å². The molecule has 0 atom stereocenters. The molecule has 2 N–H and O–H groups in total. The van der Waals surface area contributed by atoms with Gasteiger partial charge in [-0.3, -0.25) is 9.59 Å². The van der Waals surface area contributed by atoms with E-state index < -0.39 is 11.9 Å². The van der Waals surface area contributed by atoms with Gasteiger partial charge in [0.25, 0.3) is 0 Å². The second kappa shape index (κ2) is 6.19. The van der Waals surface area contributed by atoms with Crippen LogP contribution in [0.25, 0.3) is 10.8 Å². The molecule has 2 aromatic rings. The van der Waals surface area contributed by atoms with E-state index in [9.17, 15) is 9.59 Å². The van der Waals surface area contributed by atoms with Crippen LogP contribution < -0.4 is 0 Å². The second-order valence-corrected chi connectivity index (χ2v) is 4.72. The van der Waals surface area contributed by atoms with E-state index >= 15 is 0 Å². The van der Waals surface area contributed by atoms with Gasteiger partial charge in [0.2, 0.25) is 0 Å². The number of rotatable bonds is 6. The van der Waals surface area contributed by atoms with Gasteiger partial charge in [0.15, 0.2) is 0 Å². The third kappa shape index (κ3) is 3.35. The first-order valence-electron chi connectivity index (χ1n) is 6.51. The van der Waals surface area contributed by atoms with Crippen LogP contribution in [0.4, 0.5) is 0 Å². The van der Waals surface area contributed by atoms with Crippen LogP contribution in [0.5, 0.6) is 0 Å². The van der Waals surface area contributed by atoms with Gasteiger partial charge in [-0.25, -0.2) is 0 Å². The minimum atomic E-state index is -0.816. The van der Waals surface area contributed by atoms with Crippen LogP contribution in [-0.2, 0) is 22.4 Å². The maximum Gasteiger partial charge on any atom is 0.303 e. The van der Waals surface area contributed by atoms with E-state index in [0.29, 0.717) is 12.8 Å². The molecule has 0 unspecified atom stereocenters. The molecule has 0 fully saturated rings. The fraction of sp³-hybridized carbons (Fsp3) is 0.250. The first-order chi connectivity index (χ1) is 9.58. The molecule has 0 saturated heterocycles. The number of hydrogen-bond acceptors (Lipinski definition) is 2. The van der Waals surface area contributed by atoms with Crippen molar-refractivity contribution in [3.8, 4) is 0 Å². The Kier molecular flexibility index (Phi) is 4.35. The zero-order chi connectivity index (χ0) is 14.5. The minimum absolute atomic E-state index is 0.0957. The van der Waals surface area contributed by atoms with E-state index in [0.717, 1.165) is 21.9 Å². The molecule has 0 heterocycles. The average Bonchev–Trinajstić information content (AvgIpc) is 2.42. The van der Waals surface area contributed by atoms with Crippen LogP contribution in [0.1, 0.15) is 24.0 Å². The fourth-order valence-electron chi connectivity index (χ4n) is 2.36. The van der Waals surface area contributed by atoms with Gasteiger partial charge in [-0.2, -0.15) is 0 Å². The number of carboxylic acids is 2. The normalized spacial score (nSPS) is 10.6. The van der Waals surface area contributed by atoms with Crippen molar-refractivity contribution in [2.24, 2.45) is 0 Å². The van der Waals surface area contributed by atoms with Gasteiger partial charge in [-0.15, -0.1) is 0 Å². The maximum atomic E-state index is 10.7. The Morgan fingerprint density at radius 2 is 1.15 bits per heavy atom. The van der Waals surface area contributed by atoms with Crippen LogP contribution >= 0.6 is 0 Å². The Morgan fingerprint density at radius 3 is 1.50 bits per heavy atom. The van der Waals surface area contributed by atoms with Crippen LogP contribution in [0.3, 0.4) is 0 Å². The Balaban J connectivity index is 2.35. The van der Waals surface area contributed by atoms with Gasteiger partial charge in [-0.1, -0.05) is 36.4 Å². The lowest BCUT2D eigenvalue weighted by atomic mass is 9.95. The van der Waals surface area contributed by atoms with Gasteiger partial charge in [-0.05, 0) is 34.7 Å². The van der Waals surface area contributed by atoms with E-state index in [1.54, 1.807) is 0 Å². The Hall–Kier alpha value is -2.36. The van der Waals surface area contributed by atoms with Gasteiger partial charge in [0.1, 0.15) is 0 Å². The third-order valence-electron chi connectivity index (χ3n) is 3.32. The zero-order valence-electron chi connectivity index (χ0n) is 11.0. The molecule has 2 rings (SSSR count). The number of fused-ring (bicyclic) bond motifs is 1. The van der Waals surface area contributed by atoms with Gasteiger partial charge < -0.3 is 10.2 Å². The summed E-state index contributed by atoms with van der Waals surface area (Å²) in [5, 5.41) is 19.6. The molecule has 0 bridgehead atoms. The van der Waals surface area contributed by atoms with Crippen LogP contribution in [0.2, 0.25) is 0 Å².